The second kappa shape index (κ2) is 5.28. The third-order valence-electron chi connectivity index (χ3n) is 3.31. The highest BCUT2D eigenvalue weighted by molar-refractivity contribution is 5.92. The minimum Gasteiger partial charge on any atom is -0.496 e. The first-order chi connectivity index (χ1) is 10.2. The molecule has 0 unspecified atom stereocenters. The molecule has 1 aromatic carbocycles. The predicted molar refractivity (Wildman–Crippen MR) is 82.5 cm³/mol. The van der Waals surface area contributed by atoms with Crippen LogP contribution in [-0.4, -0.2) is 24.2 Å². The maximum atomic E-state index is 6.04. The summed E-state index contributed by atoms with van der Waals surface area (Å²) in [7, 11) is 3.22. The van der Waals surface area contributed by atoms with Gasteiger partial charge < -0.3 is 15.2 Å². The van der Waals surface area contributed by atoms with E-state index in [0.29, 0.717) is 23.0 Å². The Morgan fingerprint density at radius 2 is 1.71 bits per heavy atom. The number of pyridine rings is 2. The van der Waals surface area contributed by atoms with Gasteiger partial charge in [-0.05, 0) is 30.3 Å². The van der Waals surface area contributed by atoms with Crippen molar-refractivity contribution in [1.29, 1.82) is 0 Å². The van der Waals surface area contributed by atoms with E-state index in [1.54, 1.807) is 20.4 Å². The number of hydrogen-bond donors (Lipinski definition) is 1. The van der Waals surface area contributed by atoms with Gasteiger partial charge in [0.25, 0.3) is 0 Å². The van der Waals surface area contributed by atoms with E-state index in [4.69, 9.17) is 15.2 Å². The molecular weight excluding hydrogens is 266 g/mol. The van der Waals surface area contributed by atoms with Crippen molar-refractivity contribution in [2.45, 2.75) is 0 Å². The highest BCUT2D eigenvalue weighted by Crippen LogP contribution is 2.38. The summed E-state index contributed by atoms with van der Waals surface area (Å²) in [6, 6.07) is 11.2. The molecule has 0 aliphatic heterocycles. The monoisotopic (exact) mass is 281 g/mol. The average Bonchev–Trinajstić information content (AvgIpc) is 2.54. The molecule has 2 heterocycles. The number of hydrogen-bond acceptors (Lipinski definition) is 5. The summed E-state index contributed by atoms with van der Waals surface area (Å²) in [6.07, 6.45) is 1.73. The molecule has 0 aliphatic carbocycles. The zero-order valence-electron chi connectivity index (χ0n) is 11.8. The largest absolute Gasteiger partial charge is 0.496 e. The number of ether oxygens (including phenoxy) is 2. The van der Waals surface area contributed by atoms with Crippen LogP contribution in [0.5, 0.6) is 11.5 Å². The van der Waals surface area contributed by atoms with Crippen molar-refractivity contribution >= 4 is 16.7 Å². The number of rotatable bonds is 3. The van der Waals surface area contributed by atoms with Crippen LogP contribution in [0.2, 0.25) is 0 Å². The standard InChI is InChI=1S/C16H15N3O2/c1-20-13-6-3-7-14(21-2)15(13)12-9-11-10(16(17)19-12)5-4-8-18-11/h3-9H,1-2H3,(H2,17,19). The van der Waals surface area contributed by atoms with E-state index in [-0.39, 0.29) is 0 Å². The van der Waals surface area contributed by atoms with Crippen LogP contribution in [0, 0.1) is 0 Å². The summed E-state index contributed by atoms with van der Waals surface area (Å²) in [5.41, 5.74) is 8.27. The molecule has 0 saturated heterocycles. The molecular formula is C16H15N3O2. The van der Waals surface area contributed by atoms with Crippen molar-refractivity contribution in [3.8, 4) is 22.8 Å². The number of fused-ring (bicyclic) bond motifs is 1. The molecule has 2 N–H and O–H groups in total. The van der Waals surface area contributed by atoms with E-state index in [1.165, 1.54) is 0 Å². The van der Waals surface area contributed by atoms with Gasteiger partial charge in [-0.25, -0.2) is 4.98 Å². The van der Waals surface area contributed by atoms with Gasteiger partial charge in [-0.1, -0.05) is 6.07 Å². The minimum atomic E-state index is 0.434. The van der Waals surface area contributed by atoms with Crippen LogP contribution in [0.25, 0.3) is 22.2 Å². The van der Waals surface area contributed by atoms with Crippen LogP contribution in [-0.2, 0) is 0 Å². The molecule has 0 spiro atoms. The summed E-state index contributed by atoms with van der Waals surface area (Å²) in [5.74, 6) is 1.79. The van der Waals surface area contributed by atoms with E-state index < -0.39 is 0 Å². The van der Waals surface area contributed by atoms with Gasteiger partial charge in [-0.2, -0.15) is 0 Å². The lowest BCUT2D eigenvalue weighted by Gasteiger charge is -2.13. The first-order valence-corrected chi connectivity index (χ1v) is 6.47. The predicted octanol–water partition coefficient (Wildman–Crippen LogP) is 2.90. The van der Waals surface area contributed by atoms with Gasteiger partial charge in [0.15, 0.2) is 0 Å². The second-order valence-corrected chi connectivity index (χ2v) is 4.50. The summed E-state index contributed by atoms with van der Waals surface area (Å²) in [4.78, 5) is 8.80. The van der Waals surface area contributed by atoms with Crippen molar-refractivity contribution in [1.82, 2.24) is 9.97 Å². The number of nitrogen functional groups attached to an aromatic ring is 1. The Morgan fingerprint density at radius 3 is 2.38 bits per heavy atom. The molecule has 0 radical (unpaired) electrons. The van der Waals surface area contributed by atoms with Gasteiger partial charge in [0.1, 0.15) is 17.3 Å². The van der Waals surface area contributed by atoms with Gasteiger partial charge in [0, 0.05) is 11.6 Å². The summed E-state index contributed by atoms with van der Waals surface area (Å²) < 4.78 is 10.8. The van der Waals surface area contributed by atoms with E-state index in [0.717, 1.165) is 16.5 Å². The highest BCUT2D eigenvalue weighted by atomic mass is 16.5. The summed E-state index contributed by atoms with van der Waals surface area (Å²) >= 11 is 0. The van der Waals surface area contributed by atoms with Crippen molar-refractivity contribution in [2.24, 2.45) is 0 Å². The molecule has 0 fully saturated rings. The van der Waals surface area contributed by atoms with Crippen LogP contribution >= 0.6 is 0 Å². The molecule has 5 heteroatoms. The quantitative estimate of drug-likeness (QED) is 0.799. The molecule has 0 aliphatic rings. The number of benzene rings is 1. The number of nitrogens with zero attached hydrogens (tertiary/aromatic N) is 2. The number of methoxy groups -OCH3 is 2. The average molecular weight is 281 g/mol. The van der Waals surface area contributed by atoms with Gasteiger partial charge in [0.2, 0.25) is 0 Å². The van der Waals surface area contributed by atoms with Crippen molar-refractivity contribution in [3.05, 3.63) is 42.6 Å². The SMILES string of the molecule is COc1cccc(OC)c1-c1cc2ncccc2c(N)n1. The second-order valence-electron chi connectivity index (χ2n) is 4.50. The lowest BCUT2D eigenvalue weighted by atomic mass is 10.1. The molecule has 0 amide bonds. The maximum absolute atomic E-state index is 6.04. The third-order valence-corrected chi connectivity index (χ3v) is 3.31. The van der Waals surface area contributed by atoms with E-state index in [2.05, 4.69) is 9.97 Å². The lowest BCUT2D eigenvalue weighted by molar-refractivity contribution is 0.397. The van der Waals surface area contributed by atoms with E-state index >= 15 is 0 Å². The fourth-order valence-corrected chi connectivity index (χ4v) is 2.33. The van der Waals surface area contributed by atoms with Crippen LogP contribution < -0.4 is 15.2 Å². The topological polar surface area (TPSA) is 70.3 Å². The smallest absolute Gasteiger partial charge is 0.133 e. The lowest BCUT2D eigenvalue weighted by Crippen LogP contribution is -1.98. The fourth-order valence-electron chi connectivity index (χ4n) is 2.33. The Labute approximate surface area is 122 Å². The Hall–Kier alpha value is -2.82. The van der Waals surface area contributed by atoms with Gasteiger partial charge in [-0.3, -0.25) is 4.98 Å². The molecule has 0 atom stereocenters. The van der Waals surface area contributed by atoms with Crippen molar-refractivity contribution in [3.63, 3.8) is 0 Å². The van der Waals surface area contributed by atoms with Gasteiger partial charge in [-0.15, -0.1) is 0 Å². The molecule has 3 rings (SSSR count). The Kier molecular flexibility index (Phi) is 3.31. The van der Waals surface area contributed by atoms with Crippen LogP contribution in [0.4, 0.5) is 5.82 Å². The van der Waals surface area contributed by atoms with E-state index in [1.807, 2.05) is 36.4 Å². The van der Waals surface area contributed by atoms with Gasteiger partial charge >= 0.3 is 0 Å². The van der Waals surface area contributed by atoms with E-state index in [9.17, 15) is 0 Å². The molecule has 0 saturated carbocycles. The van der Waals surface area contributed by atoms with Crippen LogP contribution in [0.15, 0.2) is 42.6 Å². The first kappa shape index (κ1) is 13.2. The molecule has 2 aromatic heterocycles. The summed E-state index contributed by atoms with van der Waals surface area (Å²) in [5, 5.41) is 0.829. The third kappa shape index (κ3) is 2.23. The highest BCUT2D eigenvalue weighted by Gasteiger charge is 2.15. The zero-order chi connectivity index (χ0) is 14.8. The number of aromatic nitrogens is 2. The molecule has 21 heavy (non-hydrogen) atoms. The number of nitrogens with two attached hydrogens (primary N) is 1. The Morgan fingerprint density at radius 1 is 1.00 bits per heavy atom. The molecule has 3 aromatic rings. The normalized spacial score (nSPS) is 10.6. The van der Waals surface area contributed by atoms with Crippen LogP contribution in [0.1, 0.15) is 0 Å². The fraction of sp³-hybridized carbons (Fsp3) is 0.125. The van der Waals surface area contributed by atoms with Crippen molar-refractivity contribution in [2.75, 3.05) is 20.0 Å². The minimum absolute atomic E-state index is 0.434. The molecule has 5 nitrogen and oxygen atoms in total. The molecule has 0 bridgehead atoms. The van der Waals surface area contributed by atoms with Gasteiger partial charge in [0.05, 0.1) is 31.0 Å². The zero-order valence-corrected chi connectivity index (χ0v) is 11.8. The molecule has 106 valence electrons. The number of anilines is 1. The Bertz CT molecular complexity index is 780. The first-order valence-electron chi connectivity index (χ1n) is 6.47. The summed E-state index contributed by atoms with van der Waals surface area (Å²) in [6.45, 7) is 0. The van der Waals surface area contributed by atoms with Crippen LogP contribution in [0.3, 0.4) is 0 Å². The Balaban J connectivity index is 2.30. The van der Waals surface area contributed by atoms with Crippen molar-refractivity contribution < 1.29 is 9.47 Å². The maximum Gasteiger partial charge on any atom is 0.133 e.